The van der Waals surface area contributed by atoms with Crippen molar-refractivity contribution in [1.29, 1.82) is 0 Å². The maximum absolute atomic E-state index is 11.2. The number of aliphatic hydroxyl groups is 1. The SMILES string of the molecule is CCCN(CCO)c1nc2sccn2c1C=O. The number of anilines is 1. The summed E-state index contributed by atoms with van der Waals surface area (Å²) in [6.07, 6.45) is 3.61. The molecule has 0 amide bonds. The first-order valence-electron chi connectivity index (χ1n) is 5.58. The van der Waals surface area contributed by atoms with Gasteiger partial charge in [0.25, 0.3) is 0 Å². The Morgan fingerprint density at radius 1 is 1.59 bits per heavy atom. The van der Waals surface area contributed by atoms with Crippen molar-refractivity contribution in [3.63, 3.8) is 0 Å². The van der Waals surface area contributed by atoms with Crippen molar-refractivity contribution in [3.05, 3.63) is 17.3 Å². The first kappa shape index (κ1) is 12.1. The van der Waals surface area contributed by atoms with Crippen molar-refractivity contribution >= 4 is 28.4 Å². The van der Waals surface area contributed by atoms with Crippen LogP contribution in [0, 0.1) is 0 Å². The molecule has 0 spiro atoms. The quantitative estimate of drug-likeness (QED) is 0.791. The number of rotatable bonds is 6. The molecule has 0 bridgehead atoms. The zero-order valence-electron chi connectivity index (χ0n) is 9.67. The summed E-state index contributed by atoms with van der Waals surface area (Å²) in [7, 11) is 0. The molecular formula is C11H15N3O2S. The fourth-order valence-electron chi connectivity index (χ4n) is 1.85. The zero-order chi connectivity index (χ0) is 12.3. The minimum Gasteiger partial charge on any atom is -0.395 e. The monoisotopic (exact) mass is 253 g/mol. The van der Waals surface area contributed by atoms with Crippen LogP contribution in [0.25, 0.3) is 4.96 Å². The van der Waals surface area contributed by atoms with Crippen molar-refractivity contribution in [2.75, 3.05) is 24.6 Å². The molecule has 0 aliphatic heterocycles. The van der Waals surface area contributed by atoms with Crippen LogP contribution < -0.4 is 4.90 Å². The summed E-state index contributed by atoms with van der Waals surface area (Å²) in [6, 6.07) is 0. The number of carbonyl (C=O) groups is 1. The summed E-state index contributed by atoms with van der Waals surface area (Å²) in [4.78, 5) is 18.4. The highest BCUT2D eigenvalue weighted by Gasteiger charge is 2.17. The average molecular weight is 253 g/mol. The fourth-order valence-corrected chi connectivity index (χ4v) is 2.56. The summed E-state index contributed by atoms with van der Waals surface area (Å²) in [5, 5.41) is 10.9. The maximum Gasteiger partial charge on any atom is 0.196 e. The molecule has 2 rings (SSSR count). The third kappa shape index (κ3) is 2.18. The van der Waals surface area contributed by atoms with Crippen LogP contribution in [0.15, 0.2) is 11.6 Å². The number of nitrogens with zero attached hydrogens (tertiary/aromatic N) is 3. The molecule has 0 saturated heterocycles. The molecular weight excluding hydrogens is 238 g/mol. The molecule has 17 heavy (non-hydrogen) atoms. The van der Waals surface area contributed by atoms with Crippen LogP contribution in [-0.2, 0) is 0 Å². The lowest BCUT2D eigenvalue weighted by Crippen LogP contribution is -2.28. The molecule has 6 heteroatoms. The Hall–Kier alpha value is -1.40. The minimum atomic E-state index is 0.0590. The molecule has 1 N–H and O–H groups in total. The summed E-state index contributed by atoms with van der Waals surface area (Å²) in [5.74, 6) is 0.669. The Morgan fingerprint density at radius 2 is 2.41 bits per heavy atom. The van der Waals surface area contributed by atoms with Crippen LogP contribution in [0.1, 0.15) is 23.8 Å². The highest BCUT2D eigenvalue weighted by molar-refractivity contribution is 7.15. The maximum atomic E-state index is 11.2. The highest BCUT2D eigenvalue weighted by Crippen LogP contribution is 2.23. The van der Waals surface area contributed by atoms with Gasteiger partial charge in [-0.2, -0.15) is 0 Å². The molecule has 2 heterocycles. The van der Waals surface area contributed by atoms with Gasteiger partial charge in [0, 0.05) is 24.7 Å². The standard InChI is InChI=1S/C11H15N3O2S/c1-2-3-13(4-6-15)10-9(8-16)14-5-7-17-11(14)12-10/h5,7-8,15H,2-4,6H2,1H3. The van der Waals surface area contributed by atoms with E-state index in [4.69, 9.17) is 5.11 Å². The lowest BCUT2D eigenvalue weighted by Gasteiger charge is -2.20. The van der Waals surface area contributed by atoms with E-state index in [0.717, 1.165) is 24.2 Å². The molecule has 0 unspecified atom stereocenters. The summed E-state index contributed by atoms with van der Waals surface area (Å²) < 4.78 is 1.78. The van der Waals surface area contributed by atoms with E-state index < -0.39 is 0 Å². The third-order valence-electron chi connectivity index (χ3n) is 2.55. The van der Waals surface area contributed by atoms with Gasteiger partial charge in [-0.3, -0.25) is 9.20 Å². The van der Waals surface area contributed by atoms with E-state index in [2.05, 4.69) is 11.9 Å². The van der Waals surface area contributed by atoms with E-state index in [-0.39, 0.29) is 6.61 Å². The molecule has 2 aromatic heterocycles. The van der Waals surface area contributed by atoms with Gasteiger partial charge >= 0.3 is 0 Å². The van der Waals surface area contributed by atoms with Gasteiger partial charge < -0.3 is 10.0 Å². The Bertz CT molecular complexity index is 500. The van der Waals surface area contributed by atoms with E-state index >= 15 is 0 Å². The number of carbonyl (C=O) groups excluding carboxylic acids is 1. The van der Waals surface area contributed by atoms with Gasteiger partial charge in [-0.1, -0.05) is 6.92 Å². The van der Waals surface area contributed by atoms with Crippen molar-refractivity contribution in [2.45, 2.75) is 13.3 Å². The minimum absolute atomic E-state index is 0.0590. The van der Waals surface area contributed by atoms with Gasteiger partial charge in [-0.25, -0.2) is 4.98 Å². The molecule has 0 radical (unpaired) electrons. The lowest BCUT2D eigenvalue weighted by atomic mass is 10.3. The molecule has 0 aliphatic carbocycles. The molecule has 2 aromatic rings. The number of thiazole rings is 1. The normalized spacial score (nSPS) is 10.9. The van der Waals surface area contributed by atoms with E-state index in [0.29, 0.717) is 18.1 Å². The van der Waals surface area contributed by atoms with E-state index in [1.807, 2.05) is 16.5 Å². The van der Waals surface area contributed by atoms with Crippen LogP contribution in [0.5, 0.6) is 0 Å². The van der Waals surface area contributed by atoms with Crippen LogP contribution in [-0.4, -0.2) is 40.5 Å². The topological polar surface area (TPSA) is 57.8 Å². The van der Waals surface area contributed by atoms with Gasteiger partial charge in [-0.15, -0.1) is 11.3 Å². The second-order valence-corrected chi connectivity index (χ2v) is 4.58. The molecule has 5 nitrogen and oxygen atoms in total. The van der Waals surface area contributed by atoms with Gasteiger partial charge in [0.1, 0.15) is 5.69 Å². The van der Waals surface area contributed by atoms with Crippen molar-refractivity contribution in [2.24, 2.45) is 0 Å². The van der Waals surface area contributed by atoms with E-state index in [1.165, 1.54) is 11.3 Å². The number of hydrogen-bond acceptors (Lipinski definition) is 5. The van der Waals surface area contributed by atoms with E-state index in [1.54, 1.807) is 4.40 Å². The smallest absolute Gasteiger partial charge is 0.196 e. The van der Waals surface area contributed by atoms with Crippen LogP contribution >= 0.6 is 11.3 Å². The summed E-state index contributed by atoms with van der Waals surface area (Å²) >= 11 is 1.50. The largest absolute Gasteiger partial charge is 0.395 e. The lowest BCUT2D eigenvalue weighted by molar-refractivity contribution is 0.111. The zero-order valence-corrected chi connectivity index (χ0v) is 10.5. The molecule has 0 fully saturated rings. The van der Waals surface area contributed by atoms with Crippen molar-refractivity contribution in [3.8, 4) is 0 Å². The number of aliphatic hydroxyl groups excluding tert-OH is 1. The van der Waals surface area contributed by atoms with E-state index in [9.17, 15) is 4.79 Å². The van der Waals surface area contributed by atoms with Crippen LogP contribution in [0.3, 0.4) is 0 Å². The predicted molar refractivity (Wildman–Crippen MR) is 68.0 cm³/mol. The number of fused-ring (bicyclic) bond motifs is 1. The number of aldehydes is 1. The second-order valence-electron chi connectivity index (χ2n) is 3.70. The predicted octanol–water partition coefficient (Wildman–Crippen LogP) is 1.42. The number of imidazole rings is 1. The fraction of sp³-hybridized carbons (Fsp3) is 0.455. The highest BCUT2D eigenvalue weighted by atomic mass is 32.1. The molecule has 0 aliphatic rings. The van der Waals surface area contributed by atoms with Crippen molar-refractivity contribution < 1.29 is 9.90 Å². The summed E-state index contributed by atoms with van der Waals surface area (Å²) in [5.41, 5.74) is 0.558. The molecule has 0 atom stereocenters. The Morgan fingerprint density at radius 3 is 3.06 bits per heavy atom. The first-order chi connectivity index (χ1) is 8.31. The van der Waals surface area contributed by atoms with Gasteiger partial charge in [0.15, 0.2) is 17.1 Å². The number of aromatic nitrogens is 2. The first-order valence-corrected chi connectivity index (χ1v) is 6.46. The van der Waals surface area contributed by atoms with Crippen LogP contribution in [0.2, 0.25) is 0 Å². The van der Waals surface area contributed by atoms with Crippen LogP contribution in [0.4, 0.5) is 5.82 Å². The Balaban J connectivity index is 2.43. The Kier molecular flexibility index (Phi) is 3.75. The van der Waals surface area contributed by atoms with Crippen molar-refractivity contribution in [1.82, 2.24) is 9.38 Å². The molecule has 0 saturated carbocycles. The molecule has 0 aromatic carbocycles. The third-order valence-corrected chi connectivity index (χ3v) is 3.31. The Labute approximate surface area is 103 Å². The molecule has 92 valence electrons. The number of hydrogen-bond donors (Lipinski definition) is 1. The second kappa shape index (κ2) is 5.29. The average Bonchev–Trinajstić information content (AvgIpc) is 2.87. The summed E-state index contributed by atoms with van der Waals surface area (Å²) in [6.45, 7) is 3.40. The van der Waals surface area contributed by atoms with Gasteiger partial charge in [0.05, 0.1) is 6.61 Å². The van der Waals surface area contributed by atoms with Gasteiger partial charge in [0.2, 0.25) is 0 Å². The van der Waals surface area contributed by atoms with Gasteiger partial charge in [-0.05, 0) is 6.42 Å².